The molecule has 0 saturated carbocycles. The van der Waals surface area contributed by atoms with Crippen LogP contribution in [0.2, 0.25) is 0 Å². The summed E-state index contributed by atoms with van der Waals surface area (Å²) in [4.78, 5) is 10.1. The van der Waals surface area contributed by atoms with Crippen LogP contribution in [-0.4, -0.2) is 37.2 Å². The van der Waals surface area contributed by atoms with Crippen LogP contribution < -0.4 is 15.4 Å². The molecule has 25 heavy (non-hydrogen) atoms. The Hall–Kier alpha value is -1.35. The topological polar surface area (TPSA) is 58.5 Å². The highest BCUT2D eigenvalue weighted by molar-refractivity contribution is 14.0. The zero-order valence-corrected chi connectivity index (χ0v) is 18.0. The molecule has 0 amide bonds. The number of fused-ring (bicyclic) bond motifs is 1. The molecule has 0 bridgehead atoms. The molecule has 1 aromatic heterocycles. The predicted octanol–water partition coefficient (Wildman–Crippen LogP) is 3.09. The number of nitrogens with one attached hydrogen (secondary N) is 2. The lowest BCUT2D eigenvalue weighted by atomic mass is 10.1. The van der Waals surface area contributed by atoms with Crippen molar-refractivity contribution in [2.24, 2.45) is 4.99 Å². The molecule has 1 aromatic carbocycles. The summed E-state index contributed by atoms with van der Waals surface area (Å²) in [5, 5.41) is 7.86. The molecule has 2 N–H and O–H groups in total. The Bertz CT molecular complexity index is 687. The largest absolute Gasteiger partial charge is 0.488 e. The van der Waals surface area contributed by atoms with Crippen LogP contribution in [0.1, 0.15) is 21.1 Å². The number of aliphatic imine (C=N–C) groups is 1. The van der Waals surface area contributed by atoms with Gasteiger partial charge in [0.1, 0.15) is 11.9 Å². The SMILES string of the molecule is CN=C(NCCc1nc(C)c(C)s1)NCC1Cc2ccccc2O1.I. The van der Waals surface area contributed by atoms with Gasteiger partial charge in [-0.25, -0.2) is 4.98 Å². The molecule has 3 rings (SSSR count). The summed E-state index contributed by atoms with van der Waals surface area (Å²) in [7, 11) is 1.79. The number of halogens is 1. The van der Waals surface area contributed by atoms with Crippen LogP contribution >= 0.6 is 35.3 Å². The lowest BCUT2D eigenvalue weighted by Crippen LogP contribution is -2.42. The molecule has 0 radical (unpaired) electrons. The summed E-state index contributed by atoms with van der Waals surface area (Å²) < 4.78 is 5.94. The van der Waals surface area contributed by atoms with Gasteiger partial charge in [-0.15, -0.1) is 35.3 Å². The first-order valence-corrected chi connectivity index (χ1v) is 9.09. The van der Waals surface area contributed by atoms with E-state index in [9.17, 15) is 0 Å². The third-order valence-corrected chi connectivity index (χ3v) is 5.27. The molecule has 136 valence electrons. The molecule has 1 unspecified atom stereocenters. The van der Waals surface area contributed by atoms with E-state index in [1.807, 2.05) is 12.1 Å². The fourth-order valence-electron chi connectivity index (χ4n) is 2.73. The van der Waals surface area contributed by atoms with Gasteiger partial charge in [0.2, 0.25) is 0 Å². The van der Waals surface area contributed by atoms with Crippen molar-refractivity contribution in [2.75, 3.05) is 20.1 Å². The van der Waals surface area contributed by atoms with Gasteiger partial charge >= 0.3 is 0 Å². The molecule has 1 atom stereocenters. The minimum atomic E-state index is 0. The smallest absolute Gasteiger partial charge is 0.191 e. The van der Waals surface area contributed by atoms with Crippen molar-refractivity contribution >= 4 is 41.3 Å². The van der Waals surface area contributed by atoms with Crippen LogP contribution in [0.5, 0.6) is 5.75 Å². The second-order valence-corrected chi connectivity index (χ2v) is 7.22. The van der Waals surface area contributed by atoms with Crippen molar-refractivity contribution in [1.82, 2.24) is 15.6 Å². The van der Waals surface area contributed by atoms with Crippen molar-refractivity contribution in [3.05, 3.63) is 45.4 Å². The highest BCUT2D eigenvalue weighted by Crippen LogP contribution is 2.27. The third kappa shape index (κ3) is 5.31. The summed E-state index contributed by atoms with van der Waals surface area (Å²) in [6.45, 7) is 5.73. The Balaban J connectivity index is 0.00000225. The summed E-state index contributed by atoms with van der Waals surface area (Å²) in [5.41, 5.74) is 2.41. The van der Waals surface area contributed by atoms with Gasteiger partial charge in [-0.1, -0.05) is 18.2 Å². The molecule has 2 aromatic rings. The van der Waals surface area contributed by atoms with E-state index in [0.717, 1.165) is 43.3 Å². The van der Waals surface area contributed by atoms with Crippen LogP contribution in [0.25, 0.3) is 0 Å². The number of nitrogens with zero attached hydrogens (tertiary/aromatic N) is 2. The molecule has 7 heteroatoms. The minimum absolute atomic E-state index is 0. The molecule has 1 aliphatic rings. The molecule has 0 saturated heterocycles. The first kappa shape index (κ1) is 20.0. The average molecular weight is 472 g/mol. The fraction of sp³-hybridized carbons (Fsp3) is 0.444. The number of rotatable bonds is 5. The first-order chi connectivity index (χ1) is 11.7. The van der Waals surface area contributed by atoms with Gasteiger partial charge in [0.25, 0.3) is 0 Å². The lowest BCUT2D eigenvalue weighted by molar-refractivity contribution is 0.235. The second kappa shape index (κ2) is 9.38. The summed E-state index contributed by atoms with van der Waals surface area (Å²) in [6, 6.07) is 8.22. The fourth-order valence-corrected chi connectivity index (χ4v) is 3.67. The highest BCUT2D eigenvalue weighted by Gasteiger charge is 2.22. The number of hydrogen-bond acceptors (Lipinski definition) is 4. The number of aromatic nitrogens is 1. The zero-order valence-electron chi connectivity index (χ0n) is 14.8. The Morgan fingerprint density at radius 3 is 2.80 bits per heavy atom. The summed E-state index contributed by atoms with van der Waals surface area (Å²) in [6.07, 6.45) is 2.01. The number of ether oxygens (including phenoxy) is 1. The van der Waals surface area contributed by atoms with E-state index in [4.69, 9.17) is 4.74 Å². The Morgan fingerprint density at radius 2 is 2.12 bits per heavy atom. The highest BCUT2D eigenvalue weighted by atomic mass is 127. The summed E-state index contributed by atoms with van der Waals surface area (Å²) >= 11 is 1.77. The number of aryl methyl sites for hydroxylation is 2. The normalized spacial score (nSPS) is 16.0. The Morgan fingerprint density at radius 1 is 1.32 bits per heavy atom. The number of guanidine groups is 1. The van der Waals surface area contributed by atoms with Gasteiger partial charge in [-0.3, -0.25) is 4.99 Å². The van der Waals surface area contributed by atoms with Crippen molar-refractivity contribution in [3.63, 3.8) is 0 Å². The molecule has 0 spiro atoms. The van der Waals surface area contributed by atoms with Gasteiger partial charge < -0.3 is 15.4 Å². The van der Waals surface area contributed by atoms with Crippen LogP contribution in [0.4, 0.5) is 0 Å². The van der Waals surface area contributed by atoms with E-state index in [1.54, 1.807) is 18.4 Å². The minimum Gasteiger partial charge on any atom is -0.488 e. The van der Waals surface area contributed by atoms with E-state index in [2.05, 4.69) is 46.6 Å². The molecular weight excluding hydrogens is 447 g/mol. The third-order valence-electron chi connectivity index (χ3n) is 4.14. The van der Waals surface area contributed by atoms with Gasteiger partial charge in [0, 0.05) is 31.3 Å². The maximum atomic E-state index is 5.94. The Kier molecular flexibility index (Phi) is 7.49. The van der Waals surface area contributed by atoms with Crippen molar-refractivity contribution in [3.8, 4) is 5.75 Å². The monoisotopic (exact) mass is 472 g/mol. The van der Waals surface area contributed by atoms with E-state index < -0.39 is 0 Å². The van der Waals surface area contributed by atoms with Crippen LogP contribution in [0.15, 0.2) is 29.3 Å². The van der Waals surface area contributed by atoms with Crippen molar-refractivity contribution in [1.29, 1.82) is 0 Å². The van der Waals surface area contributed by atoms with Gasteiger partial charge in [-0.05, 0) is 25.5 Å². The standard InChI is InChI=1S/C18H24N4OS.HI/c1-12-13(2)24-17(22-12)8-9-20-18(19-3)21-11-15-10-14-6-4-5-7-16(14)23-15;/h4-7,15H,8-11H2,1-3H3,(H2,19,20,21);1H. The van der Waals surface area contributed by atoms with E-state index in [1.165, 1.54) is 15.4 Å². The molecule has 5 nitrogen and oxygen atoms in total. The molecule has 0 fully saturated rings. The zero-order chi connectivity index (χ0) is 16.9. The summed E-state index contributed by atoms with van der Waals surface area (Å²) in [5.74, 6) is 1.81. The molecule has 1 aliphatic heterocycles. The van der Waals surface area contributed by atoms with E-state index >= 15 is 0 Å². The van der Waals surface area contributed by atoms with Gasteiger partial charge in [0.05, 0.1) is 17.2 Å². The molecular formula is C18H25IN4OS. The number of benzene rings is 1. The van der Waals surface area contributed by atoms with Gasteiger partial charge in [-0.2, -0.15) is 0 Å². The average Bonchev–Trinajstić information content (AvgIpc) is 3.13. The predicted molar refractivity (Wildman–Crippen MR) is 115 cm³/mol. The molecule has 0 aliphatic carbocycles. The van der Waals surface area contributed by atoms with Crippen LogP contribution in [-0.2, 0) is 12.8 Å². The number of thiazole rings is 1. The number of para-hydroxylation sites is 1. The Labute approximate surface area is 170 Å². The van der Waals surface area contributed by atoms with Crippen LogP contribution in [0, 0.1) is 13.8 Å². The lowest BCUT2D eigenvalue weighted by Gasteiger charge is -2.15. The quantitative estimate of drug-likeness (QED) is 0.399. The second-order valence-electron chi connectivity index (χ2n) is 5.93. The maximum Gasteiger partial charge on any atom is 0.191 e. The van der Waals surface area contributed by atoms with E-state index in [0.29, 0.717) is 0 Å². The number of hydrogen-bond donors (Lipinski definition) is 2. The van der Waals surface area contributed by atoms with Crippen molar-refractivity contribution in [2.45, 2.75) is 32.8 Å². The first-order valence-electron chi connectivity index (χ1n) is 8.27. The molecule has 2 heterocycles. The van der Waals surface area contributed by atoms with Crippen LogP contribution in [0.3, 0.4) is 0 Å². The van der Waals surface area contributed by atoms with Crippen molar-refractivity contribution < 1.29 is 4.74 Å². The van der Waals surface area contributed by atoms with E-state index in [-0.39, 0.29) is 30.1 Å². The van der Waals surface area contributed by atoms with Gasteiger partial charge in [0.15, 0.2) is 5.96 Å². The maximum absolute atomic E-state index is 5.94.